The maximum Gasteiger partial charge on any atom is 0.218 e. The van der Waals surface area contributed by atoms with Gasteiger partial charge in [-0.3, -0.25) is 0 Å². The van der Waals surface area contributed by atoms with E-state index in [4.69, 9.17) is 4.74 Å². The van der Waals surface area contributed by atoms with Crippen molar-refractivity contribution in [1.29, 1.82) is 0 Å². The van der Waals surface area contributed by atoms with Gasteiger partial charge in [0, 0.05) is 11.6 Å². The molecule has 0 aliphatic rings. The average molecular weight is 223 g/mol. The number of hydrogen-bond donors (Lipinski definition) is 1. The van der Waals surface area contributed by atoms with Crippen LogP contribution in [0.2, 0.25) is 0 Å². The van der Waals surface area contributed by atoms with Gasteiger partial charge in [0.15, 0.2) is 0 Å². The van der Waals surface area contributed by atoms with E-state index in [0.717, 1.165) is 12.2 Å². The fourth-order valence-corrected chi connectivity index (χ4v) is 1.15. The lowest BCUT2D eigenvalue weighted by Crippen LogP contribution is -2.30. The zero-order valence-electron chi connectivity index (χ0n) is 10.7. The highest BCUT2D eigenvalue weighted by atomic mass is 16.5. The Morgan fingerprint density at radius 3 is 2.62 bits per heavy atom. The van der Waals surface area contributed by atoms with E-state index in [-0.39, 0.29) is 11.6 Å². The Labute approximate surface area is 97.5 Å². The topological polar surface area (TPSA) is 47.0 Å². The fraction of sp³-hybridized carbons (Fsp3) is 0.667. The first-order valence-electron chi connectivity index (χ1n) is 5.70. The minimum atomic E-state index is 0.0312. The van der Waals surface area contributed by atoms with Crippen molar-refractivity contribution in [1.82, 2.24) is 9.97 Å². The van der Waals surface area contributed by atoms with Crippen molar-refractivity contribution in [3.63, 3.8) is 0 Å². The van der Waals surface area contributed by atoms with Crippen LogP contribution in [0.4, 0.5) is 5.82 Å². The van der Waals surface area contributed by atoms with Gasteiger partial charge in [-0.25, -0.2) is 9.97 Å². The molecule has 0 aliphatic carbocycles. The monoisotopic (exact) mass is 223 g/mol. The van der Waals surface area contributed by atoms with E-state index < -0.39 is 0 Å². The molecule has 1 heterocycles. The van der Waals surface area contributed by atoms with Crippen molar-refractivity contribution in [2.45, 2.75) is 52.7 Å². The SMILES string of the molecule is CCC(C)(C)Nc1cc(OC(C)C)ncn1. The van der Waals surface area contributed by atoms with Crippen LogP contribution in [-0.2, 0) is 0 Å². The van der Waals surface area contributed by atoms with Crippen molar-refractivity contribution in [2.75, 3.05) is 5.32 Å². The van der Waals surface area contributed by atoms with Crippen LogP contribution < -0.4 is 10.1 Å². The molecule has 0 saturated carbocycles. The lowest BCUT2D eigenvalue weighted by atomic mass is 10.0. The molecular weight excluding hydrogens is 202 g/mol. The predicted molar refractivity (Wildman–Crippen MR) is 65.8 cm³/mol. The summed E-state index contributed by atoms with van der Waals surface area (Å²) in [7, 11) is 0. The summed E-state index contributed by atoms with van der Waals surface area (Å²) in [5, 5.41) is 3.35. The predicted octanol–water partition coefficient (Wildman–Crippen LogP) is 2.86. The molecule has 0 bridgehead atoms. The number of nitrogens with zero attached hydrogens (tertiary/aromatic N) is 2. The third-order valence-electron chi connectivity index (χ3n) is 2.35. The molecule has 0 amide bonds. The Morgan fingerprint density at radius 1 is 1.38 bits per heavy atom. The molecule has 0 fully saturated rings. The Balaban J connectivity index is 2.74. The highest BCUT2D eigenvalue weighted by Gasteiger charge is 2.15. The second kappa shape index (κ2) is 5.14. The molecule has 0 radical (unpaired) electrons. The molecule has 0 spiro atoms. The summed E-state index contributed by atoms with van der Waals surface area (Å²) in [6.07, 6.45) is 2.67. The van der Waals surface area contributed by atoms with E-state index in [0.29, 0.717) is 5.88 Å². The standard InChI is InChI=1S/C12H21N3O/c1-6-12(4,5)15-10-7-11(14-8-13-10)16-9(2)3/h7-9H,6H2,1-5H3,(H,13,14,15). The average Bonchev–Trinajstić information content (AvgIpc) is 2.16. The number of ether oxygens (including phenoxy) is 1. The normalized spacial score (nSPS) is 11.6. The van der Waals surface area contributed by atoms with Gasteiger partial charge in [-0.2, -0.15) is 0 Å². The molecule has 0 unspecified atom stereocenters. The molecule has 1 aromatic heterocycles. The summed E-state index contributed by atoms with van der Waals surface area (Å²) in [5.74, 6) is 1.41. The first-order chi connectivity index (χ1) is 7.43. The van der Waals surface area contributed by atoms with E-state index >= 15 is 0 Å². The van der Waals surface area contributed by atoms with Gasteiger partial charge in [0.2, 0.25) is 5.88 Å². The maximum absolute atomic E-state index is 5.51. The molecule has 4 nitrogen and oxygen atoms in total. The summed E-state index contributed by atoms with van der Waals surface area (Å²) < 4.78 is 5.51. The number of nitrogens with one attached hydrogen (secondary N) is 1. The Kier molecular flexibility index (Phi) is 4.10. The summed E-state index contributed by atoms with van der Waals surface area (Å²) in [4.78, 5) is 8.24. The van der Waals surface area contributed by atoms with Crippen LogP contribution in [0.3, 0.4) is 0 Å². The first-order valence-corrected chi connectivity index (χ1v) is 5.70. The number of aromatic nitrogens is 2. The quantitative estimate of drug-likeness (QED) is 0.833. The lowest BCUT2D eigenvalue weighted by molar-refractivity contribution is 0.232. The van der Waals surface area contributed by atoms with Crippen LogP contribution in [0.25, 0.3) is 0 Å². The molecular formula is C12H21N3O. The highest BCUT2D eigenvalue weighted by Crippen LogP contribution is 2.18. The van der Waals surface area contributed by atoms with Crippen molar-refractivity contribution in [3.05, 3.63) is 12.4 Å². The van der Waals surface area contributed by atoms with Crippen LogP contribution in [-0.4, -0.2) is 21.6 Å². The molecule has 0 aromatic carbocycles. The van der Waals surface area contributed by atoms with Gasteiger partial charge in [-0.15, -0.1) is 0 Å². The van der Waals surface area contributed by atoms with Crippen LogP contribution in [0.1, 0.15) is 41.0 Å². The molecule has 0 atom stereocenters. The van der Waals surface area contributed by atoms with Crippen LogP contribution in [0, 0.1) is 0 Å². The summed E-state index contributed by atoms with van der Waals surface area (Å²) in [6, 6.07) is 1.83. The van der Waals surface area contributed by atoms with Crippen molar-refractivity contribution >= 4 is 5.82 Å². The molecule has 16 heavy (non-hydrogen) atoms. The summed E-state index contributed by atoms with van der Waals surface area (Å²) in [6.45, 7) is 10.4. The first kappa shape index (κ1) is 12.7. The number of rotatable bonds is 5. The Bertz CT molecular complexity index is 337. The van der Waals surface area contributed by atoms with Gasteiger partial charge < -0.3 is 10.1 Å². The minimum Gasteiger partial charge on any atom is -0.475 e. The molecule has 4 heteroatoms. The summed E-state index contributed by atoms with van der Waals surface area (Å²) >= 11 is 0. The molecule has 1 rings (SSSR count). The smallest absolute Gasteiger partial charge is 0.218 e. The third-order valence-corrected chi connectivity index (χ3v) is 2.35. The molecule has 0 saturated heterocycles. The Hall–Kier alpha value is -1.32. The second-order valence-electron chi connectivity index (χ2n) is 4.77. The zero-order chi connectivity index (χ0) is 12.2. The molecule has 1 N–H and O–H groups in total. The van der Waals surface area contributed by atoms with Gasteiger partial charge in [-0.05, 0) is 34.1 Å². The molecule has 0 aliphatic heterocycles. The Morgan fingerprint density at radius 2 is 2.06 bits per heavy atom. The summed E-state index contributed by atoms with van der Waals surface area (Å²) in [5.41, 5.74) is 0.0312. The van der Waals surface area contributed by atoms with E-state index in [9.17, 15) is 0 Å². The van der Waals surface area contributed by atoms with Crippen LogP contribution >= 0.6 is 0 Å². The fourth-order valence-electron chi connectivity index (χ4n) is 1.15. The van der Waals surface area contributed by atoms with Crippen LogP contribution in [0.5, 0.6) is 5.88 Å². The van der Waals surface area contributed by atoms with Crippen LogP contribution in [0.15, 0.2) is 12.4 Å². The minimum absolute atomic E-state index is 0.0312. The molecule has 1 aromatic rings. The van der Waals surface area contributed by atoms with Gasteiger partial charge in [0.25, 0.3) is 0 Å². The van der Waals surface area contributed by atoms with Gasteiger partial charge in [0.1, 0.15) is 12.1 Å². The van der Waals surface area contributed by atoms with Gasteiger partial charge in [-0.1, -0.05) is 6.92 Å². The second-order valence-corrected chi connectivity index (χ2v) is 4.77. The number of hydrogen-bond acceptors (Lipinski definition) is 4. The van der Waals surface area contributed by atoms with E-state index in [1.807, 2.05) is 19.9 Å². The van der Waals surface area contributed by atoms with E-state index in [1.54, 1.807) is 0 Å². The van der Waals surface area contributed by atoms with Gasteiger partial charge in [0.05, 0.1) is 6.10 Å². The largest absolute Gasteiger partial charge is 0.475 e. The van der Waals surface area contributed by atoms with Crippen molar-refractivity contribution in [3.8, 4) is 5.88 Å². The van der Waals surface area contributed by atoms with E-state index in [1.165, 1.54) is 6.33 Å². The van der Waals surface area contributed by atoms with E-state index in [2.05, 4.69) is 36.1 Å². The van der Waals surface area contributed by atoms with Crippen molar-refractivity contribution < 1.29 is 4.74 Å². The lowest BCUT2D eigenvalue weighted by Gasteiger charge is -2.25. The maximum atomic E-state index is 5.51. The zero-order valence-corrected chi connectivity index (χ0v) is 10.7. The number of anilines is 1. The van der Waals surface area contributed by atoms with Crippen molar-refractivity contribution in [2.24, 2.45) is 0 Å². The molecule has 90 valence electrons. The van der Waals surface area contributed by atoms with Gasteiger partial charge >= 0.3 is 0 Å². The third kappa shape index (κ3) is 4.04. The highest BCUT2D eigenvalue weighted by molar-refractivity contribution is 5.39.